The molecule has 2 aromatic rings. The molecule has 0 fully saturated rings. The Balaban J connectivity index is 1.67. The molecule has 1 heterocycles. The third-order valence-corrected chi connectivity index (χ3v) is 4.57. The van der Waals surface area contributed by atoms with Gasteiger partial charge in [0.25, 0.3) is 0 Å². The molecule has 1 aromatic carbocycles. The van der Waals surface area contributed by atoms with Crippen LogP contribution < -0.4 is 10.5 Å². The van der Waals surface area contributed by atoms with Crippen LogP contribution in [-0.4, -0.2) is 4.98 Å². The maximum absolute atomic E-state index is 6.03. The molecule has 0 spiro atoms. The van der Waals surface area contributed by atoms with Crippen molar-refractivity contribution in [3.63, 3.8) is 0 Å². The number of ether oxygens (including phenoxy) is 1. The highest BCUT2D eigenvalue weighted by Crippen LogP contribution is 2.32. The summed E-state index contributed by atoms with van der Waals surface area (Å²) in [4.78, 5) is 4.50. The van der Waals surface area contributed by atoms with E-state index in [1.807, 2.05) is 6.07 Å². The van der Waals surface area contributed by atoms with E-state index in [9.17, 15) is 0 Å². The summed E-state index contributed by atoms with van der Waals surface area (Å²) in [6, 6.07) is 6.43. The van der Waals surface area contributed by atoms with Crippen LogP contribution in [0.15, 0.2) is 23.6 Å². The highest BCUT2D eigenvalue weighted by atomic mass is 32.1. The smallest absolute Gasteiger partial charge is 0.131 e. The predicted molar refractivity (Wildman–Crippen MR) is 77.5 cm³/mol. The molecule has 0 saturated heterocycles. The first-order chi connectivity index (χ1) is 9.26. The summed E-state index contributed by atoms with van der Waals surface area (Å²) in [5.41, 5.74) is 9.65. The number of hydrogen-bond acceptors (Lipinski definition) is 4. The van der Waals surface area contributed by atoms with Gasteiger partial charge in [0.1, 0.15) is 12.4 Å². The van der Waals surface area contributed by atoms with Crippen LogP contribution in [0.2, 0.25) is 0 Å². The van der Waals surface area contributed by atoms with Gasteiger partial charge in [-0.1, -0.05) is 13.0 Å². The maximum atomic E-state index is 6.03. The van der Waals surface area contributed by atoms with Gasteiger partial charge in [-0.15, -0.1) is 11.3 Å². The molecular formula is C15H18N2OS. The first-order valence-corrected chi connectivity index (χ1v) is 7.58. The SMILES string of the molecule is CCc1nc(COc2ccc3c(c2)CC[C@@H]3N)cs1. The van der Waals surface area contributed by atoms with Gasteiger partial charge in [-0.2, -0.15) is 0 Å². The van der Waals surface area contributed by atoms with Crippen molar-refractivity contribution in [1.82, 2.24) is 4.98 Å². The lowest BCUT2D eigenvalue weighted by molar-refractivity contribution is 0.301. The summed E-state index contributed by atoms with van der Waals surface area (Å²) in [6.45, 7) is 2.66. The van der Waals surface area contributed by atoms with Gasteiger partial charge in [0.15, 0.2) is 0 Å². The van der Waals surface area contributed by atoms with Crippen molar-refractivity contribution in [2.24, 2.45) is 5.73 Å². The normalized spacial score (nSPS) is 17.5. The number of fused-ring (bicyclic) bond motifs is 1. The molecule has 3 rings (SSSR count). The fraction of sp³-hybridized carbons (Fsp3) is 0.400. The fourth-order valence-electron chi connectivity index (χ4n) is 2.45. The van der Waals surface area contributed by atoms with Crippen LogP contribution in [0.5, 0.6) is 5.75 Å². The standard InChI is InChI=1S/C15H18N2OS/c1-2-15-17-11(9-19-15)8-18-12-4-5-13-10(7-12)3-6-14(13)16/h4-5,7,9,14H,2-3,6,8,16H2,1H3/t14-/m0/s1. The molecule has 0 aliphatic heterocycles. The largest absolute Gasteiger partial charge is 0.487 e. The van der Waals surface area contributed by atoms with Crippen LogP contribution in [0.3, 0.4) is 0 Å². The highest BCUT2D eigenvalue weighted by Gasteiger charge is 2.19. The monoisotopic (exact) mass is 274 g/mol. The number of rotatable bonds is 4. The van der Waals surface area contributed by atoms with E-state index >= 15 is 0 Å². The van der Waals surface area contributed by atoms with Gasteiger partial charge in [0.05, 0.1) is 10.7 Å². The first kappa shape index (κ1) is 12.6. The molecule has 2 N–H and O–H groups in total. The Bertz CT molecular complexity index is 579. The summed E-state index contributed by atoms with van der Waals surface area (Å²) < 4.78 is 5.81. The van der Waals surface area contributed by atoms with E-state index in [4.69, 9.17) is 10.5 Å². The van der Waals surface area contributed by atoms with Crippen LogP contribution in [0, 0.1) is 0 Å². The Labute approximate surface area is 117 Å². The third kappa shape index (κ3) is 2.65. The van der Waals surface area contributed by atoms with E-state index in [1.54, 1.807) is 11.3 Å². The van der Waals surface area contributed by atoms with Crippen molar-refractivity contribution >= 4 is 11.3 Å². The second-order valence-corrected chi connectivity index (χ2v) is 5.82. The topological polar surface area (TPSA) is 48.1 Å². The Morgan fingerprint density at radius 1 is 1.47 bits per heavy atom. The zero-order chi connectivity index (χ0) is 13.2. The Morgan fingerprint density at radius 3 is 3.16 bits per heavy atom. The van der Waals surface area contributed by atoms with Crippen molar-refractivity contribution < 1.29 is 4.74 Å². The minimum absolute atomic E-state index is 0.203. The Hall–Kier alpha value is -1.39. The summed E-state index contributed by atoms with van der Waals surface area (Å²) in [5.74, 6) is 0.916. The molecule has 1 aromatic heterocycles. The number of benzene rings is 1. The molecular weight excluding hydrogens is 256 g/mol. The van der Waals surface area contributed by atoms with Crippen LogP contribution in [0.4, 0.5) is 0 Å². The molecule has 1 atom stereocenters. The average molecular weight is 274 g/mol. The van der Waals surface area contributed by atoms with Crippen molar-refractivity contribution in [2.75, 3.05) is 0 Å². The van der Waals surface area contributed by atoms with Gasteiger partial charge in [0.2, 0.25) is 0 Å². The second kappa shape index (κ2) is 5.31. The Kier molecular flexibility index (Phi) is 3.53. The third-order valence-electron chi connectivity index (χ3n) is 3.53. The molecule has 0 amide bonds. The second-order valence-electron chi connectivity index (χ2n) is 4.88. The van der Waals surface area contributed by atoms with E-state index in [0.717, 1.165) is 30.7 Å². The molecule has 4 heteroatoms. The lowest BCUT2D eigenvalue weighted by Crippen LogP contribution is -2.05. The van der Waals surface area contributed by atoms with Gasteiger partial charge in [-0.3, -0.25) is 0 Å². The number of nitrogens with zero attached hydrogens (tertiary/aromatic N) is 1. The molecule has 0 bridgehead atoms. The minimum Gasteiger partial charge on any atom is -0.487 e. The number of thiazole rings is 1. The van der Waals surface area contributed by atoms with E-state index in [-0.39, 0.29) is 6.04 Å². The molecule has 1 aliphatic rings. The summed E-state index contributed by atoms with van der Waals surface area (Å²) in [6.07, 6.45) is 3.09. The Morgan fingerprint density at radius 2 is 2.37 bits per heavy atom. The van der Waals surface area contributed by atoms with E-state index in [0.29, 0.717) is 6.61 Å². The average Bonchev–Trinajstić information content (AvgIpc) is 3.03. The van der Waals surface area contributed by atoms with Crippen LogP contribution in [0.1, 0.15) is 41.2 Å². The molecule has 1 aliphatic carbocycles. The fourth-order valence-corrected chi connectivity index (χ4v) is 3.18. The first-order valence-electron chi connectivity index (χ1n) is 6.70. The van der Waals surface area contributed by atoms with Gasteiger partial charge in [-0.05, 0) is 42.5 Å². The number of aryl methyl sites for hydroxylation is 2. The minimum atomic E-state index is 0.203. The number of aromatic nitrogens is 1. The van der Waals surface area contributed by atoms with Crippen LogP contribution in [0.25, 0.3) is 0 Å². The van der Waals surface area contributed by atoms with E-state index in [2.05, 4.69) is 29.4 Å². The highest BCUT2D eigenvalue weighted by molar-refractivity contribution is 7.09. The van der Waals surface area contributed by atoms with Crippen molar-refractivity contribution in [3.8, 4) is 5.75 Å². The zero-order valence-electron chi connectivity index (χ0n) is 11.1. The quantitative estimate of drug-likeness (QED) is 0.931. The lowest BCUT2D eigenvalue weighted by atomic mass is 10.1. The van der Waals surface area contributed by atoms with Gasteiger partial charge in [-0.25, -0.2) is 4.98 Å². The molecule has 100 valence electrons. The summed E-state index contributed by atoms with van der Waals surface area (Å²) in [5, 5.41) is 3.24. The summed E-state index contributed by atoms with van der Waals surface area (Å²) in [7, 11) is 0. The van der Waals surface area contributed by atoms with Crippen LogP contribution >= 0.6 is 11.3 Å². The maximum Gasteiger partial charge on any atom is 0.131 e. The molecule has 19 heavy (non-hydrogen) atoms. The molecule has 0 unspecified atom stereocenters. The van der Waals surface area contributed by atoms with Crippen LogP contribution in [-0.2, 0) is 19.4 Å². The van der Waals surface area contributed by atoms with Crippen molar-refractivity contribution in [3.05, 3.63) is 45.4 Å². The predicted octanol–water partition coefficient (Wildman–Crippen LogP) is 3.23. The molecule has 3 nitrogen and oxygen atoms in total. The number of hydrogen-bond donors (Lipinski definition) is 1. The molecule has 0 saturated carbocycles. The van der Waals surface area contributed by atoms with Gasteiger partial charge < -0.3 is 10.5 Å². The number of nitrogens with two attached hydrogens (primary N) is 1. The van der Waals surface area contributed by atoms with E-state index < -0.39 is 0 Å². The van der Waals surface area contributed by atoms with Gasteiger partial charge >= 0.3 is 0 Å². The molecule has 0 radical (unpaired) electrons. The van der Waals surface area contributed by atoms with Gasteiger partial charge in [0, 0.05) is 11.4 Å². The van der Waals surface area contributed by atoms with E-state index in [1.165, 1.54) is 16.1 Å². The lowest BCUT2D eigenvalue weighted by Gasteiger charge is -2.08. The van der Waals surface area contributed by atoms with Crippen molar-refractivity contribution in [2.45, 2.75) is 38.8 Å². The zero-order valence-corrected chi connectivity index (χ0v) is 11.9. The van der Waals surface area contributed by atoms with Crippen molar-refractivity contribution in [1.29, 1.82) is 0 Å². The summed E-state index contributed by atoms with van der Waals surface area (Å²) >= 11 is 1.70.